The first-order valence-electron chi connectivity index (χ1n) is 7.51. The SMILES string of the molecule is C/C=C\C(=O)N(C=O)C(CN)C(=O)CCCC(C)=O.CCC. The maximum Gasteiger partial charge on any atom is 0.253 e. The van der Waals surface area contributed by atoms with Crippen LogP contribution in [0.3, 0.4) is 0 Å². The molecule has 0 aliphatic heterocycles. The number of imide groups is 1. The van der Waals surface area contributed by atoms with E-state index >= 15 is 0 Å². The lowest BCUT2D eigenvalue weighted by Gasteiger charge is -2.23. The molecule has 0 spiro atoms. The van der Waals surface area contributed by atoms with E-state index in [-0.39, 0.29) is 24.5 Å². The number of rotatable bonds is 9. The number of Topliss-reactive ketones (excluding diaryl/α,β-unsaturated/α-hetero) is 2. The number of allylic oxidation sites excluding steroid dienone is 1. The Morgan fingerprint density at radius 2 is 1.73 bits per heavy atom. The Bertz CT molecular complexity index is 392. The Morgan fingerprint density at radius 1 is 1.18 bits per heavy atom. The number of hydrogen-bond donors (Lipinski definition) is 1. The molecule has 126 valence electrons. The summed E-state index contributed by atoms with van der Waals surface area (Å²) in [6, 6.07) is -0.965. The first-order valence-corrected chi connectivity index (χ1v) is 7.51. The Hall–Kier alpha value is -1.82. The van der Waals surface area contributed by atoms with Crippen molar-refractivity contribution in [2.45, 2.75) is 59.4 Å². The van der Waals surface area contributed by atoms with Gasteiger partial charge in [-0.3, -0.25) is 19.3 Å². The van der Waals surface area contributed by atoms with Crippen LogP contribution in [0.1, 0.15) is 53.4 Å². The van der Waals surface area contributed by atoms with Crippen LogP contribution >= 0.6 is 0 Å². The number of hydrogen-bond acceptors (Lipinski definition) is 5. The van der Waals surface area contributed by atoms with E-state index in [2.05, 4.69) is 13.8 Å². The molecule has 0 saturated carbocycles. The lowest BCUT2D eigenvalue weighted by molar-refractivity contribution is -0.142. The summed E-state index contributed by atoms with van der Waals surface area (Å²) in [5.74, 6) is -0.893. The molecule has 0 heterocycles. The predicted molar refractivity (Wildman–Crippen MR) is 86.1 cm³/mol. The number of nitrogens with zero attached hydrogens (tertiary/aromatic N) is 1. The van der Waals surface area contributed by atoms with E-state index in [1.165, 1.54) is 25.5 Å². The summed E-state index contributed by atoms with van der Waals surface area (Å²) in [5.41, 5.74) is 5.45. The van der Waals surface area contributed by atoms with Gasteiger partial charge < -0.3 is 10.5 Å². The fraction of sp³-hybridized carbons (Fsp3) is 0.625. The molecule has 2 N–H and O–H groups in total. The first kappa shape index (κ1) is 22.5. The average molecular weight is 312 g/mol. The molecule has 0 saturated heterocycles. The Kier molecular flexibility index (Phi) is 14.4. The standard InChI is InChI=1S/C13H20N2O4.C3H8/c1-3-5-13(19)15(9-16)11(8-14)12(18)7-4-6-10(2)17;1-3-2/h3,5,9,11H,4,6-8,14H2,1-2H3;3H2,1-2H3/b5-3-;. The number of nitrogens with two attached hydrogens (primary N) is 1. The van der Waals surface area contributed by atoms with Crippen LogP contribution in [0.5, 0.6) is 0 Å². The number of carbonyl (C=O) groups excluding carboxylic acids is 4. The van der Waals surface area contributed by atoms with Gasteiger partial charge in [0, 0.05) is 19.4 Å². The summed E-state index contributed by atoms with van der Waals surface area (Å²) in [6.45, 7) is 7.20. The molecule has 2 amide bonds. The van der Waals surface area contributed by atoms with Crippen LogP contribution in [0.25, 0.3) is 0 Å². The van der Waals surface area contributed by atoms with Gasteiger partial charge in [0.2, 0.25) is 6.41 Å². The molecule has 0 radical (unpaired) electrons. The van der Waals surface area contributed by atoms with Gasteiger partial charge in [0.15, 0.2) is 5.78 Å². The minimum atomic E-state index is -0.965. The van der Waals surface area contributed by atoms with Crippen LogP contribution in [0.4, 0.5) is 0 Å². The third-order valence-electron chi connectivity index (χ3n) is 2.56. The zero-order valence-corrected chi connectivity index (χ0v) is 14.0. The largest absolute Gasteiger partial charge is 0.328 e. The van der Waals surface area contributed by atoms with E-state index in [0.29, 0.717) is 19.3 Å². The topological polar surface area (TPSA) is 97.5 Å². The molecule has 0 aromatic rings. The van der Waals surface area contributed by atoms with Crippen LogP contribution in [-0.4, -0.2) is 41.4 Å². The van der Waals surface area contributed by atoms with Crippen molar-refractivity contribution in [3.63, 3.8) is 0 Å². The summed E-state index contributed by atoms with van der Waals surface area (Å²) >= 11 is 0. The van der Waals surface area contributed by atoms with Gasteiger partial charge in [-0.25, -0.2) is 0 Å². The minimum absolute atomic E-state index is 0.00525. The van der Waals surface area contributed by atoms with E-state index in [4.69, 9.17) is 5.73 Å². The van der Waals surface area contributed by atoms with Crippen LogP contribution in [0, 0.1) is 0 Å². The molecule has 0 aromatic heterocycles. The van der Waals surface area contributed by atoms with Crippen molar-refractivity contribution in [3.05, 3.63) is 12.2 Å². The van der Waals surface area contributed by atoms with Crippen LogP contribution in [-0.2, 0) is 19.2 Å². The second-order valence-corrected chi connectivity index (χ2v) is 4.83. The fourth-order valence-electron chi connectivity index (χ4n) is 1.59. The van der Waals surface area contributed by atoms with E-state index in [9.17, 15) is 19.2 Å². The van der Waals surface area contributed by atoms with Gasteiger partial charge >= 0.3 is 0 Å². The second kappa shape index (κ2) is 14.1. The molecule has 22 heavy (non-hydrogen) atoms. The summed E-state index contributed by atoms with van der Waals surface area (Å²) in [4.78, 5) is 46.0. The van der Waals surface area contributed by atoms with Crippen molar-refractivity contribution in [1.82, 2.24) is 4.90 Å². The van der Waals surface area contributed by atoms with Gasteiger partial charge in [-0.15, -0.1) is 0 Å². The fourth-order valence-corrected chi connectivity index (χ4v) is 1.59. The molecule has 0 aliphatic carbocycles. The van der Waals surface area contributed by atoms with Crippen LogP contribution < -0.4 is 5.73 Å². The Balaban J connectivity index is 0. The van der Waals surface area contributed by atoms with Crippen LogP contribution in [0.2, 0.25) is 0 Å². The number of ketones is 2. The molecule has 0 bridgehead atoms. The lowest BCUT2D eigenvalue weighted by atomic mass is 10.0. The Morgan fingerprint density at radius 3 is 2.09 bits per heavy atom. The van der Waals surface area contributed by atoms with Gasteiger partial charge in [-0.05, 0) is 26.3 Å². The molecular weight excluding hydrogens is 284 g/mol. The highest BCUT2D eigenvalue weighted by Gasteiger charge is 2.26. The first-order chi connectivity index (χ1) is 10.4. The maximum atomic E-state index is 11.9. The van der Waals surface area contributed by atoms with Crippen LogP contribution in [0.15, 0.2) is 12.2 Å². The molecule has 6 heteroatoms. The molecule has 6 nitrogen and oxygen atoms in total. The molecule has 0 fully saturated rings. The summed E-state index contributed by atoms with van der Waals surface area (Å²) in [7, 11) is 0. The minimum Gasteiger partial charge on any atom is -0.328 e. The maximum absolute atomic E-state index is 11.9. The van der Waals surface area contributed by atoms with Crippen molar-refractivity contribution in [2.24, 2.45) is 5.73 Å². The number of amides is 2. The van der Waals surface area contributed by atoms with E-state index in [1.807, 2.05) is 0 Å². The normalized spacial score (nSPS) is 11.3. The number of carbonyl (C=O) groups is 4. The van der Waals surface area contributed by atoms with Gasteiger partial charge in [0.1, 0.15) is 11.8 Å². The third kappa shape index (κ3) is 9.99. The van der Waals surface area contributed by atoms with E-state index in [0.717, 1.165) is 4.90 Å². The molecule has 1 unspecified atom stereocenters. The Labute approximate surface area is 132 Å². The van der Waals surface area contributed by atoms with E-state index in [1.54, 1.807) is 6.92 Å². The quantitative estimate of drug-likeness (QED) is 0.515. The highest BCUT2D eigenvalue weighted by atomic mass is 16.2. The van der Waals surface area contributed by atoms with Gasteiger partial charge in [0.05, 0.1) is 0 Å². The molecule has 0 aromatic carbocycles. The summed E-state index contributed by atoms with van der Waals surface area (Å²) < 4.78 is 0. The van der Waals surface area contributed by atoms with Gasteiger partial charge in [0.25, 0.3) is 5.91 Å². The van der Waals surface area contributed by atoms with Crippen molar-refractivity contribution in [2.75, 3.05) is 6.54 Å². The summed E-state index contributed by atoms with van der Waals surface area (Å²) in [6.07, 6.45) is 5.05. The van der Waals surface area contributed by atoms with Gasteiger partial charge in [-0.1, -0.05) is 26.3 Å². The molecule has 0 rings (SSSR count). The highest BCUT2D eigenvalue weighted by molar-refractivity contribution is 5.99. The second-order valence-electron chi connectivity index (χ2n) is 4.83. The molecule has 1 atom stereocenters. The zero-order valence-electron chi connectivity index (χ0n) is 14.0. The van der Waals surface area contributed by atoms with Crippen molar-refractivity contribution in [3.8, 4) is 0 Å². The predicted octanol–water partition coefficient (Wildman–Crippen LogP) is 1.62. The van der Waals surface area contributed by atoms with Gasteiger partial charge in [-0.2, -0.15) is 0 Å². The third-order valence-corrected chi connectivity index (χ3v) is 2.56. The summed E-state index contributed by atoms with van der Waals surface area (Å²) in [5, 5.41) is 0. The lowest BCUT2D eigenvalue weighted by Crippen LogP contribution is -2.48. The van der Waals surface area contributed by atoms with Crippen molar-refractivity contribution >= 4 is 23.9 Å². The molecule has 0 aliphatic rings. The highest BCUT2D eigenvalue weighted by Crippen LogP contribution is 2.06. The van der Waals surface area contributed by atoms with Crippen molar-refractivity contribution in [1.29, 1.82) is 0 Å². The zero-order chi connectivity index (χ0) is 17.5. The monoisotopic (exact) mass is 312 g/mol. The van der Waals surface area contributed by atoms with E-state index < -0.39 is 11.9 Å². The molecular formula is C16H28N2O4. The van der Waals surface area contributed by atoms with Crippen molar-refractivity contribution < 1.29 is 19.2 Å². The smallest absolute Gasteiger partial charge is 0.253 e. The average Bonchev–Trinajstić information content (AvgIpc) is 2.44.